The van der Waals surface area contributed by atoms with Crippen molar-refractivity contribution < 1.29 is 0 Å². The fourth-order valence-electron chi connectivity index (χ4n) is 8.47. The molecule has 1 heterocycles. The lowest BCUT2D eigenvalue weighted by molar-refractivity contribution is 1.29. The fraction of sp³-hybridized carbons (Fsp3) is 0.0385. The molecule has 3 heteroatoms. The Labute approximate surface area is 325 Å². The molecular weight excluding hydrogens is 685 g/mol. The highest BCUT2D eigenvalue weighted by atomic mass is 32.1. The van der Waals surface area contributed by atoms with Crippen LogP contribution in [0.2, 0.25) is 0 Å². The average Bonchev–Trinajstić information content (AvgIpc) is 3.63. The van der Waals surface area contributed by atoms with Crippen LogP contribution in [0.5, 0.6) is 0 Å². The van der Waals surface area contributed by atoms with E-state index in [1.54, 1.807) is 0 Å². The first-order valence-corrected chi connectivity index (χ1v) is 19.7. The Bertz CT molecular complexity index is 2910. The number of benzene rings is 9. The van der Waals surface area contributed by atoms with Gasteiger partial charge in [0.25, 0.3) is 0 Å². The van der Waals surface area contributed by atoms with Crippen LogP contribution in [0.4, 0.5) is 34.1 Å². The molecule has 10 aromatic rings. The van der Waals surface area contributed by atoms with Crippen molar-refractivity contribution >= 4 is 87.2 Å². The molecule has 0 saturated carbocycles. The molecule has 0 spiro atoms. The Morgan fingerprint density at radius 2 is 0.800 bits per heavy atom. The second-order valence-corrected chi connectivity index (χ2v) is 15.2. The van der Waals surface area contributed by atoms with Gasteiger partial charge >= 0.3 is 0 Å². The monoisotopic (exact) mass is 722 g/mol. The summed E-state index contributed by atoms with van der Waals surface area (Å²) in [6.07, 6.45) is 0. The van der Waals surface area contributed by atoms with E-state index in [1.807, 2.05) is 11.3 Å². The third kappa shape index (κ3) is 5.55. The highest BCUT2D eigenvalue weighted by Gasteiger charge is 2.23. The first kappa shape index (κ1) is 32.9. The highest BCUT2D eigenvalue weighted by Crippen LogP contribution is 2.50. The number of nitrogens with zero attached hydrogens (tertiary/aromatic N) is 2. The molecule has 0 aliphatic rings. The van der Waals surface area contributed by atoms with Crippen molar-refractivity contribution in [2.24, 2.45) is 0 Å². The maximum Gasteiger partial charge on any atom is 0.0554 e. The number of hydrogen-bond acceptors (Lipinski definition) is 3. The minimum absolute atomic E-state index is 1.14. The third-order valence-electron chi connectivity index (χ3n) is 10.9. The first-order valence-electron chi connectivity index (χ1n) is 18.9. The van der Waals surface area contributed by atoms with Crippen molar-refractivity contribution in [2.45, 2.75) is 13.8 Å². The van der Waals surface area contributed by atoms with Crippen molar-refractivity contribution in [1.29, 1.82) is 0 Å². The number of aryl methyl sites for hydroxylation is 2. The Hall–Kier alpha value is -6.68. The zero-order valence-electron chi connectivity index (χ0n) is 30.8. The molecule has 2 nitrogen and oxygen atoms in total. The lowest BCUT2D eigenvalue weighted by Crippen LogP contribution is -2.11. The average molecular weight is 723 g/mol. The standard InChI is InChI=1S/C52H38N2S/c1-35-33-47(53(37-19-7-3-8-20-37)38-21-9-4-10-22-38)42-27-15-17-29-44(42)50(35)41-31-32-46-51-45-30-18-16-28-43(45)48(34-49(51)55-52(46)36(41)2)54(39-23-11-5-12-24-39)40-25-13-6-14-26-40/h3-34H,1-2H3. The number of thiophene rings is 1. The minimum Gasteiger partial charge on any atom is -0.310 e. The van der Waals surface area contributed by atoms with Crippen molar-refractivity contribution in [3.63, 3.8) is 0 Å². The van der Waals surface area contributed by atoms with Gasteiger partial charge in [-0.25, -0.2) is 0 Å². The van der Waals surface area contributed by atoms with Crippen LogP contribution in [0.1, 0.15) is 11.1 Å². The number of hydrogen-bond donors (Lipinski definition) is 0. The Morgan fingerprint density at radius 1 is 0.382 bits per heavy atom. The second-order valence-electron chi connectivity index (χ2n) is 14.2. The molecule has 1 aromatic heterocycles. The second kappa shape index (κ2) is 13.6. The molecule has 0 N–H and O–H groups in total. The maximum absolute atomic E-state index is 2.42. The van der Waals surface area contributed by atoms with E-state index in [2.05, 4.69) is 218 Å². The smallest absolute Gasteiger partial charge is 0.0554 e. The van der Waals surface area contributed by atoms with Crippen LogP contribution in [0.3, 0.4) is 0 Å². The molecule has 0 atom stereocenters. The van der Waals surface area contributed by atoms with Crippen LogP contribution in [0.25, 0.3) is 52.8 Å². The molecule has 0 unspecified atom stereocenters. The number of para-hydroxylation sites is 4. The number of fused-ring (bicyclic) bond motifs is 6. The van der Waals surface area contributed by atoms with Crippen molar-refractivity contribution in [2.75, 3.05) is 9.80 Å². The van der Waals surface area contributed by atoms with Gasteiger partial charge in [-0.05, 0) is 108 Å². The molecule has 0 bridgehead atoms. The summed E-state index contributed by atoms with van der Waals surface area (Å²) >= 11 is 1.91. The van der Waals surface area contributed by atoms with Crippen LogP contribution < -0.4 is 9.80 Å². The van der Waals surface area contributed by atoms with Gasteiger partial charge in [0.15, 0.2) is 0 Å². The van der Waals surface area contributed by atoms with Gasteiger partial charge < -0.3 is 9.80 Å². The van der Waals surface area contributed by atoms with Gasteiger partial charge in [-0.3, -0.25) is 0 Å². The van der Waals surface area contributed by atoms with Gasteiger partial charge in [0, 0.05) is 53.7 Å². The van der Waals surface area contributed by atoms with Crippen LogP contribution in [0.15, 0.2) is 194 Å². The van der Waals surface area contributed by atoms with E-state index < -0.39 is 0 Å². The van der Waals surface area contributed by atoms with Crippen molar-refractivity contribution in [1.82, 2.24) is 0 Å². The van der Waals surface area contributed by atoms with Gasteiger partial charge in [0.2, 0.25) is 0 Å². The fourth-order valence-corrected chi connectivity index (χ4v) is 9.73. The molecule has 0 fully saturated rings. The van der Waals surface area contributed by atoms with E-state index in [0.29, 0.717) is 0 Å². The Kier molecular flexibility index (Phi) is 8.16. The molecular formula is C52H38N2S. The van der Waals surface area contributed by atoms with E-state index >= 15 is 0 Å². The van der Waals surface area contributed by atoms with Crippen LogP contribution in [-0.2, 0) is 0 Å². The van der Waals surface area contributed by atoms with E-state index in [4.69, 9.17) is 0 Å². The lowest BCUT2D eigenvalue weighted by Gasteiger charge is -2.28. The maximum atomic E-state index is 2.42. The highest BCUT2D eigenvalue weighted by molar-refractivity contribution is 7.26. The van der Waals surface area contributed by atoms with Gasteiger partial charge in [-0.15, -0.1) is 11.3 Å². The quantitative estimate of drug-likeness (QED) is 0.162. The predicted octanol–water partition coefficient (Wildman–Crippen LogP) is 15.6. The molecule has 0 amide bonds. The van der Waals surface area contributed by atoms with Crippen molar-refractivity contribution in [3.8, 4) is 11.1 Å². The third-order valence-corrected chi connectivity index (χ3v) is 12.2. The minimum atomic E-state index is 1.14. The summed E-state index contributed by atoms with van der Waals surface area (Å²) in [5, 5.41) is 7.64. The summed E-state index contributed by atoms with van der Waals surface area (Å²) in [6.45, 7) is 4.59. The summed E-state index contributed by atoms with van der Waals surface area (Å²) in [6, 6.07) is 70.2. The van der Waals surface area contributed by atoms with Crippen LogP contribution >= 0.6 is 11.3 Å². The van der Waals surface area contributed by atoms with Gasteiger partial charge in [0.1, 0.15) is 0 Å². The van der Waals surface area contributed by atoms with Gasteiger partial charge in [-0.2, -0.15) is 0 Å². The van der Waals surface area contributed by atoms with Crippen molar-refractivity contribution in [3.05, 3.63) is 205 Å². The van der Waals surface area contributed by atoms with Gasteiger partial charge in [-0.1, -0.05) is 133 Å². The largest absolute Gasteiger partial charge is 0.310 e. The SMILES string of the molecule is Cc1cc(N(c2ccccc2)c2ccccc2)c2ccccc2c1-c1ccc2c(sc3cc(N(c4ccccc4)c4ccccc4)c4ccccc4c32)c1C. The molecule has 262 valence electrons. The Balaban J connectivity index is 1.19. The summed E-state index contributed by atoms with van der Waals surface area (Å²) < 4.78 is 2.63. The first-order chi connectivity index (χ1) is 27.2. The molecule has 0 saturated heterocycles. The van der Waals surface area contributed by atoms with E-state index in [0.717, 1.165) is 22.7 Å². The lowest BCUT2D eigenvalue weighted by atomic mass is 9.89. The van der Waals surface area contributed by atoms with Crippen LogP contribution in [0, 0.1) is 13.8 Å². The molecule has 55 heavy (non-hydrogen) atoms. The van der Waals surface area contributed by atoms with E-state index in [9.17, 15) is 0 Å². The molecule has 10 rings (SSSR count). The van der Waals surface area contributed by atoms with E-state index in [1.165, 1.54) is 75.3 Å². The zero-order valence-corrected chi connectivity index (χ0v) is 31.6. The molecule has 9 aromatic carbocycles. The van der Waals surface area contributed by atoms with Gasteiger partial charge in [0.05, 0.1) is 11.4 Å². The summed E-state index contributed by atoms with van der Waals surface area (Å²) in [5.41, 5.74) is 12.1. The van der Waals surface area contributed by atoms with E-state index in [-0.39, 0.29) is 0 Å². The summed E-state index contributed by atoms with van der Waals surface area (Å²) in [7, 11) is 0. The number of rotatable bonds is 7. The molecule has 0 aliphatic heterocycles. The Morgan fingerprint density at radius 3 is 1.31 bits per heavy atom. The molecule has 0 aliphatic carbocycles. The van der Waals surface area contributed by atoms with Crippen LogP contribution in [-0.4, -0.2) is 0 Å². The summed E-state index contributed by atoms with van der Waals surface area (Å²) in [5.74, 6) is 0. The zero-order chi connectivity index (χ0) is 36.9. The number of anilines is 6. The summed E-state index contributed by atoms with van der Waals surface area (Å²) in [4.78, 5) is 4.79. The predicted molar refractivity (Wildman–Crippen MR) is 239 cm³/mol. The normalized spacial score (nSPS) is 11.5. The topological polar surface area (TPSA) is 6.48 Å². The molecule has 0 radical (unpaired) electrons.